The summed E-state index contributed by atoms with van der Waals surface area (Å²) in [5.41, 5.74) is 5.06. The van der Waals surface area contributed by atoms with Crippen LogP contribution in [0.3, 0.4) is 0 Å². The third-order valence-electron chi connectivity index (χ3n) is 11.0. The van der Waals surface area contributed by atoms with E-state index in [2.05, 4.69) is 45.3 Å². The van der Waals surface area contributed by atoms with Crippen LogP contribution in [-0.2, 0) is 21.6 Å². The van der Waals surface area contributed by atoms with Crippen LogP contribution in [0, 0.1) is 6.92 Å². The summed E-state index contributed by atoms with van der Waals surface area (Å²) in [6.07, 6.45) is 7.03. The van der Waals surface area contributed by atoms with Crippen molar-refractivity contribution < 1.29 is 18.3 Å². The fourth-order valence-electron chi connectivity index (χ4n) is 8.32. The lowest BCUT2D eigenvalue weighted by molar-refractivity contribution is -0.128. The maximum Gasteiger partial charge on any atom is 0.280 e. The van der Waals surface area contributed by atoms with Crippen molar-refractivity contribution in [3.8, 4) is 0 Å². The van der Waals surface area contributed by atoms with Gasteiger partial charge < -0.3 is 19.4 Å². The summed E-state index contributed by atoms with van der Waals surface area (Å²) in [4.78, 5) is 30.4. The van der Waals surface area contributed by atoms with E-state index in [0.717, 1.165) is 88.2 Å². The van der Waals surface area contributed by atoms with Gasteiger partial charge in [0.15, 0.2) is 0 Å². The molecular formula is C34H44F2N6O2. The van der Waals surface area contributed by atoms with Crippen LogP contribution in [0.4, 0.5) is 20.3 Å². The number of hydrogen-bond acceptors (Lipinski definition) is 7. The topological polar surface area (TPSA) is 65.0 Å². The van der Waals surface area contributed by atoms with Crippen LogP contribution in [0.5, 0.6) is 0 Å². The number of aryl methyl sites for hydroxylation is 1. The molecular weight excluding hydrogens is 562 g/mol. The van der Waals surface area contributed by atoms with Crippen molar-refractivity contribution in [2.75, 3.05) is 62.7 Å². The smallest absolute Gasteiger partial charge is 0.280 e. The fraction of sp³-hybridized carbons (Fsp3) is 0.618. The summed E-state index contributed by atoms with van der Waals surface area (Å²) in [5.74, 6) is 1.03. The molecule has 1 amide bonds. The number of fused-ring (bicyclic) bond motifs is 3. The van der Waals surface area contributed by atoms with Crippen molar-refractivity contribution in [3.05, 3.63) is 59.1 Å². The van der Waals surface area contributed by atoms with Crippen LogP contribution in [0.2, 0.25) is 0 Å². The van der Waals surface area contributed by atoms with Gasteiger partial charge >= 0.3 is 0 Å². The third kappa shape index (κ3) is 5.07. The number of methoxy groups -OCH3 is 1. The van der Waals surface area contributed by atoms with E-state index in [1.165, 1.54) is 17.2 Å². The van der Waals surface area contributed by atoms with Crippen LogP contribution in [0.25, 0.3) is 0 Å². The summed E-state index contributed by atoms with van der Waals surface area (Å²) in [5, 5.41) is 0. The number of carbonyl (C=O) groups excluding carboxylic acids is 1. The number of ether oxygens (including phenoxy) is 1. The second-order valence-corrected chi connectivity index (χ2v) is 13.3. The van der Waals surface area contributed by atoms with Crippen molar-refractivity contribution in [1.82, 2.24) is 19.8 Å². The van der Waals surface area contributed by atoms with Gasteiger partial charge in [0.25, 0.3) is 6.43 Å². The molecule has 0 spiro atoms. The number of piperazine rings is 1. The van der Waals surface area contributed by atoms with E-state index in [1.54, 1.807) is 7.11 Å². The number of aromatic nitrogens is 2. The van der Waals surface area contributed by atoms with Crippen molar-refractivity contribution in [1.29, 1.82) is 0 Å². The Bertz CT molecular complexity index is 1410. The Kier molecular flexibility index (Phi) is 7.85. The van der Waals surface area contributed by atoms with E-state index in [0.29, 0.717) is 43.3 Å². The number of halogens is 2. The van der Waals surface area contributed by atoms with Gasteiger partial charge in [0.05, 0.1) is 5.69 Å². The highest BCUT2D eigenvalue weighted by atomic mass is 19.3. The molecule has 5 aliphatic rings. The van der Waals surface area contributed by atoms with Crippen LogP contribution in [0.1, 0.15) is 78.9 Å². The van der Waals surface area contributed by atoms with Crippen LogP contribution in [-0.4, -0.2) is 90.7 Å². The Morgan fingerprint density at radius 2 is 1.86 bits per heavy atom. The SMILES string of the molecule is C=CC(=O)N1CCN([C@@H]2CN3c4cc(N5CCC(c6c(C)ccnc6C6(OC)CC6)CC5)nc(C(F)F)c4CCC[C@@H]23)CC1. The van der Waals surface area contributed by atoms with Crippen molar-refractivity contribution in [3.63, 3.8) is 0 Å². The number of alkyl halides is 2. The zero-order valence-corrected chi connectivity index (χ0v) is 26.0. The summed E-state index contributed by atoms with van der Waals surface area (Å²) in [7, 11) is 1.78. The lowest BCUT2D eigenvalue weighted by atomic mass is 9.84. The lowest BCUT2D eigenvalue weighted by Gasteiger charge is -2.55. The van der Waals surface area contributed by atoms with Gasteiger partial charge in [0.2, 0.25) is 5.91 Å². The Morgan fingerprint density at radius 3 is 2.52 bits per heavy atom. The van der Waals surface area contributed by atoms with E-state index < -0.39 is 6.43 Å². The molecule has 0 radical (unpaired) electrons. The molecule has 6 heterocycles. The molecule has 44 heavy (non-hydrogen) atoms. The minimum atomic E-state index is -2.60. The van der Waals surface area contributed by atoms with Crippen molar-refractivity contribution >= 4 is 17.4 Å². The maximum atomic E-state index is 14.5. The van der Waals surface area contributed by atoms with E-state index in [-0.39, 0.29) is 17.2 Å². The van der Waals surface area contributed by atoms with Crippen molar-refractivity contribution in [2.45, 2.75) is 81.9 Å². The van der Waals surface area contributed by atoms with Gasteiger partial charge in [-0.3, -0.25) is 14.7 Å². The molecule has 7 rings (SSSR count). The highest BCUT2D eigenvalue weighted by Crippen LogP contribution is 2.51. The third-order valence-corrected chi connectivity index (χ3v) is 11.0. The number of rotatable bonds is 7. The molecule has 1 saturated carbocycles. The van der Waals surface area contributed by atoms with Gasteiger partial charge in [-0.05, 0) is 81.1 Å². The molecule has 2 atom stereocenters. The summed E-state index contributed by atoms with van der Waals surface area (Å²) < 4.78 is 35.0. The molecule has 0 aromatic carbocycles. The minimum absolute atomic E-state index is 0.00955. The first kappa shape index (κ1) is 29.6. The fourth-order valence-corrected chi connectivity index (χ4v) is 8.32. The molecule has 4 aliphatic heterocycles. The van der Waals surface area contributed by atoms with E-state index in [1.807, 2.05) is 11.1 Å². The summed E-state index contributed by atoms with van der Waals surface area (Å²) in [6.45, 7) is 11.2. The summed E-state index contributed by atoms with van der Waals surface area (Å²) >= 11 is 0. The molecule has 0 bridgehead atoms. The van der Waals surface area contributed by atoms with Crippen LogP contribution < -0.4 is 9.80 Å². The van der Waals surface area contributed by atoms with E-state index in [9.17, 15) is 13.6 Å². The van der Waals surface area contributed by atoms with Gasteiger partial charge in [-0.1, -0.05) is 6.58 Å². The highest BCUT2D eigenvalue weighted by molar-refractivity contribution is 5.87. The van der Waals surface area contributed by atoms with Gasteiger partial charge in [0, 0.05) is 88.5 Å². The van der Waals surface area contributed by atoms with Crippen LogP contribution in [0.15, 0.2) is 31.0 Å². The standard InChI is InChI=1S/C34H44F2N6O2/c1-4-29(43)41-18-16-39(17-19-41)27-21-42-25(27)7-5-6-24-26(42)20-28(38-31(24)33(35)36)40-14-9-23(10-15-40)30-22(2)8-13-37-32(30)34(44-3)11-12-34/h4,8,13,20,23,25,27,33H,1,5-7,9-12,14-19,21H2,2-3H3/t25-,27+/m0/s1. The number of amides is 1. The predicted octanol–water partition coefficient (Wildman–Crippen LogP) is 4.97. The molecule has 4 fully saturated rings. The zero-order chi connectivity index (χ0) is 30.6. The predicted molar refractivity (Wildman–Crippen MR) is 166 cm³/mol. The van der Waals surface area contributed by atoms with Gasteiger partial charge in [-0.15, -0.1) is 0 Å². The molecule has 236 valence electrons. The minimum Gasteiger partial charge on any atom is -0.372 e. The molecule has 2 aromatic heterocycles. The van der Waals surface area contributed by atoms with E-state index in [4.69, 9.17) is 9.72 Å². The first-order chi connectivity index (χ1) is 21.3. The van der Waals surface area contributed by atoms with Crippen molar-refractivity contribution in [2.24, 2.45) is 0 Å². The number of nitrogens with zero attached hydrogens (tertiary/aromatic N) is 6. The van der Waals surface area contributed by atoms with E-state index >= 15 is 0 Å². The second kappa shape index (κ2) is 11.7. The molecule has 2 aromatic rings. The van der Waals surface area contributed by atoms with Gasteiger partial charge in [-0.25, -0.2) is 13.8 Å². The zero-order valence-electron chi connectivity index (χ0n) is 26.0. The quantitative estimate of drug-likeness (QED) is 0.413. The number of anilines is 2. The maximum absolute atomic E-state index is 14.5. The number of carbonyl (C=O) groups is 1. The Labute approximate surface area is 259 Å². The number of hydrogen-bond donors (Lipinski definition) is 0. The first-order valence-corrected chi connectivity index (χ1v) is 16.3. The largest absolute Gasteiger partial charge is 0.372 e. The number of pyridine rings is 2. The molecule has 3 saturated heterocycles. The normalized spacial score (nSPS) is 25.2. The molecule has 0 unspecified atom stereocenters. The first-order valence-electron chi connectivity index (χ1n) is 16.3. The summed E-state index contributed by atoms with van der Waals surface area (Å²) in [6, 6.07) is 4.87. The average Bonchev–Trinajstić information content (AvgIpc) is 3.85. The second-order valence-electron chi connectivity index (χ2n) is 13.3. The molecule has 1 aliphatic carbocycles. The molecule has 8 nitrogen and oxygen atoms in total. The molecule has 0 N–H and O–H groups in total. The van der Waals surface area contributed by atoms with Crippen LogP contribution >= 0.6 is 0 Å². The number of piperidine rings is 1. The highest BCUT2D eigenvalue weighted by Gasteiger charge is 2.49. The van der Waals surface area contributed by atoms with Gasteiger partial charge in [-0.2, -0.15) is 0 Å². The Balaban J connectivity index is 1.09. The molecule has 10 heteroatoms. The monoisotopic (exact) mass is 606 g/mol. The Hall–Kier alpha value is -3.11. The lowest BCUT2D eigenvalue weighted by Crippen LogP contribution is -2.69. The Morgan fingerprint density at radius 1 is 1.11 bits per heavy atom. The van der Waals surface area contributed by atoms with Gasteiger partial charge in [0.1, 0.15) is 17.1 Å². The average molecular weight is 607 g/mol.